The van der Waals surface area contributed by atoms with Crippen molar-refractivity contribution in [1.29, 1.82) is 0 Å². The summed E-state index contributed by atoms with van der Waals surface area (Å²) in [5, 5.41) is 5.67. The molecule has 0 bridgehead atoms. The van der Waals surface area contributed by atoms with Gasteiger partial charge in [-0.3, -0.25) is 4.79 Å². The number of rotatable bonds is 3. The van der Waals surface area contributed by atoms with Gasteiger partial charge in [0.25, 0.3) is 0 Å². The van der Waals surface area contributed by atoms with Crippen LogP contribution in [0.3, 0.4) is 0 Å². The van der Waals surface area contributed by atoms with Crippen LogP contribution in [-0.4, -0.2) is 28.1 Å². The van der Waals surface area contributed by atoms with Crippen LogP contribution in [-0.2, 0) is 16.0 Å². The first-order valence-electron chi connectivity index (χ1n) is 4.66. The third kappa shape index (κ3) is 2.16. The van der Waals surface area contributed by atoms with E-state index in [1.807, 2.05) is 12.3 Å². The standard InChI is InChI=1S/C9H12N2O2S/c1-6-2-7(4-13-6)9(12)3-8-5-14-11-10-8/h5-7H,2-4H2,1H3. The van der Waals surface area contributed by atoms with E-state index in [1.54, 1.807) is 0 Å². The highest BCUT2D eigenvalue weighted by Gasteiger charge is 2.28. The van der Waals surface area contributed by atoms with E-state index in [-0.39, 0.29) is 17.8 Å². The Morgan fingerprint density at radius 3 is 3.21 bits per heavy atom. The molecule has 0 amide bonds. The smallest absolute Gasteiger partial charge is 0.144 e. The van der Waals surface area contributed by atoms with Crippen molar-refractivity contribution in [3.05, 3.63) is 11.1 Å². The number of nitrogens with zero attached hydrogens (tertiary/aromatic N) is 2. The van der Waals surface area contributed by atoms with Gasteiger partial charge >= 0.3 is 0 Å². The molecule has 0 N–H and O–H groups in total. The first-order valence-corrected chi connectivity index (χ1v) is 5.49. The molecule has 1 fully saturated rings. The van der Waals surface area contributed by atoms with E-state index < -0.39 is 0 Å². The SMILES string of the molecule is CC1CC(C(=O)Cc2csnn2)CO1. The Bertz CT molecular complexity index is 313. The lowest BCUT2D eigenvalue weighted by atomic mass is 9.98. The molecule has 0 aliphatic carbocycles. The third-order valence-corrected chi connectivity index (χ3v) is 2.97. The molecule has 2 rings (SSSR count). The molecule has 0 radical (unpaired) electrons. The van der Waals surface area contributed by atoms with E-state index in [9.17, 15) is 4.79 Å². The number of aromatic nitrogens is 2. The molecule has 2 heterocycles. The normalized spacial score (nSPS) is 26.6. The third-order valence-electron chi connectivity index (χ3n) is 2.41. The summed E-state index contributed by atoms with van der Waals surface area (Å²) in [5.74, 6) is 0.286. The number of ketones is 1. The van der Waals surface area contributed by atoms with E-state index >= 15 is 0 Å². The lowest BCUT2D eigenvalue weighted by Crippen LogP contribution is -2.17. The largest absolute Gasteiger partial charge is 0.378 e. The Morgan fingerprint density at radius 2 is 2.64 bits per heavy atom. The summed E-state index contributed by atoms with van der Waals surface area (Å²) in [6, 6.07) is 0. The Hall–Kier alpha value is -0.810. The fraction of sp³-hybridized carbons (Fsp3) is 0.667. The monoisotopic (exact) mass is 212 g/mol. The van der Waals surface area contributed by atoms with Gasteiger partial charge in [-0.2, -0.15) is 0 Å². The molecule has 14 heavy (non-hydrogen) atoms. The lowest BCUT2D eigenvalue weighted by Gasteiger charge is -2.03. The highest BCUT2D eigenvalue weighted by Crippen LogP contribution is 2.21. The molecule has 2 atom stereocenters. The summed E-state index contributed by atoms with van der Waals surface area (Å²) in [7, 11) is 0. The Balaban J connectivity index is 1.90. The predicted molar refractivity (Wildman–Crippen MR) is 52.1 cm³/mol. The average molecular weight is 212 g/mol. The topological polar surface area (TPSA) is 52.1 Å². The van der Waals surface area contributed by atoms with Crippen LogP contribution < -0.4 is 0 Å². The summed E-state index contributed by atoms with van der Waals surface area (Å²) in [5.41, 5.74) is 0.777. The van der Waals surface area contributed by atoms with Crippen LogP contribution in [0, 0.1) is 5.92 Å². The maximum absolute atomic E-state index is 11.7. The van der Waals surface area contributed by atoms with Crippen LogP contribution in [0.5, 0.6) is 0 Å². The van der Waals surface area contributed by atoms with Gasteiger partial charge in [-0.1, -0.05) is 4.49 Å². The summed E-state index contributed by atoms with van der Waals surface area (Å²) >= 11 is 1.28. The number of Topliss-reactive ketones (excluding diaryl/α,β-unsaturated/α-hetero) is 1. The molecule has 0 aromatic carbocycles. The second-order valence-electron chi connectivity index (χ2n) is 3.62. The molecule has 2 unspecified atom stereocenters. The van der Waals surface area contributed by atoms with E-state index in [0.717, 1.165) is 12.1 Å². The highest BCUT2D eigenvalue weighted by atomic mass is 32.1. The van der Waals surface area contributed by atoms with Crippen molar-refractivity contribution in [3.8, 4) is 0 Å². The number of carbonyl (C=O) groups is 1. The van der Waals surface area contributed by atoms with E-state index in [2.05, 4.69) is 9.59 Å². The number of ether oxygens (including phenoxy) is 1. The van der Waals surface area contributed by atoms with Crippen molar-refractivity contribution in [2.45, 2.75) is 25.9 Å². The van der Waals surface area contributed by atoms with Gasteiger partial charge in [-0.05, 0) is 24.9 Å². The van der Waals surface area contributed by atoms with E-state index in [4.69, 9.17) is 4.74 Å². The summed E-state index contributed by atoms with van der Waals surface area (Å²) < 4.78 is 9.08. The maximum atomic E-state index is 11.7. The molecule has 1 saturated heterocycles. The van der Waals surface area contributed by atoms with Crippen molar-refractivity contribution in [1.82, 2.24) is 9.59 Å². The van der Waals surface area contributed by atoms with Crippen LogP contribution in [0.4, 0.5) is 0 Å². The minimum absolute atomic E-state index is 0.0618. The minimum atomic E-state index is 0.0618. The molecule has 76 valence electrons. The van der Waals surface area contributed by atoms with Crippen LogP contribution in [0.15, 0.2) is 5.38 Å². The fourth-order valence-corrected chi connectivity index (χ4v) is 2.08. The Morgan fingerprint density at radius 1 is 1.79 bits per heavy atom. The molecule has 0 saturated carbocycles. The number of carbonyl (C=O) groups excluding carboxylic acids is 1. The fourth-order valence-electron chi connectivity index (χ4n) is 1.63. The maximum Gasteiger partial charge on any atom is 0.144 e. The van der Waals surface area contributed by atoms with Gasteiger partial charge in [0.2, 0.25) is 0 Å². The first-order chi connectivity index (χ1) is 6.75. The van der Waals surface area contributed by atoms with Crippen LogP contribution in [0.1, 0.15) is 19.0 Å². The van der Waals surface area contributed by atoms with Gasteiger partial charge in [-0.25, -0.2) is 0 Å². The molecule has 1 aliphatic rings. The van der Waals surface area contributed by atoms with Crippen molar-refractivity contribution in [2.24, 2.45) is 5.92 Å². The minimum Gasteiger partial charge on any atom is -0.378 e. The Labute approximate surface area is 86.4 Å². The lowest BCUT2D eigenvalue weighted by molar-refractivity contribution is -0.122. The predicted octanol–water partition coefficient (Wildman–Crippen LogP) is 1.07. The molecule has 5 heteroatoms. The number of hydrogen-bond donors (Lipinski definition) is 0. The quantitative estimate of drug-likeness (QED) is 0.752. The molecule has 1 aromatic rings. The van der Waals surface area contributed by atoms with Crippen LogP contribution in [0.25, 0.3) is 0 Å². The summed E-state index contributed by atoms with van der Waals surface area (Å²) in [6.07, 6.45) is 1.46. The molecule has 0 spiro atoms. The van der Waals surface area contributed by atoms with Gasteiger partial charge in [0.15, 0.2) is 0 Å². The highest BCUT2D eigenvalue weighted by molar-refractivity contribution is 7.03. The number of hydrogen-bond acceptors (Lipinski definition) is 5. The van der Waals surface area contributed by atoms with Crippen molar-refractivity contribution < 1.29 is 9.53 Å². The van der Waals surface area contributed by atoms with E-state index in [0.29, 0.717) is 13.0 Å². The average Bonchev–Trinajstić information content (AvgIpc) is 2.75. The van der Waals surface area contributed by atoms with Gasteiger partial charge < -0.3 is 4.74 Å². The van der Waals surface area contributed by atoms with Crippen LogP contribution >= 0.6 is 11.5 Å². The summed E-state index contributed by atoms with van der Waals surface area (Å²) in [6.45, 7) is 2.56. The molecular formula is C9H12N2O2S. The molecule has 1 aliphatic heterocycles. The second kappa shape index (κ2) is 4.14. The van der Waals surface area contributed by atoms with Gasteiger partial charge in [0, 0.05) is 11.3 Å². The Kier molecular flexibility index (Phi) is 2.88. The zero-order chi connectivity index (χ0) is 9.97. The van der Waals surface area contributed by atoms with Crippen molar-refractivity contribution in [3.63, 3.8) is 0 Å². The van der Waals surface area contributed by atoms with Gasteiger partial charge in [0.1, 0.15) is 5.78 Å². The van der Waals surface area contributed by atoms with Gasteiger partial charge in [-0.15, -0.1) is 5.10 Å². The summed E-state index contributed by atoms with van der Waals surface area (Å²) in [4.78, 5) is 11.7. The molecule has 4 nitrogen and oxygen atoms in total. The van der Waals surface area contributed by atoms with Crippen LogP contribution in [0.2, 0.25) is 0 Å². The van der Waals surface area contributed by atoms with Gasteiger partial charge in [0.05, 0.1) is 24.8 Å². The molecular weight excluding hydrogens is 200 g/mol. The van der Waals surface area contributed by atoms with Crippen molar-refractivity contribution >= 4 is 17.3 Å². The zero-order valence-electron chi connectivity index (χ0n) is 7.97. The van der Waals surface area contributed by atoms with E-state index in [1.165, 1.54) is 11.5 Å². The zero-order valence-corrected chi connectivity index (χ0v) is 8.79. The first kappa shape index (κ1) is 9.73. The second-order valence-corrected chi connectivity index (χ2v) is 4.23. The van der Waals surface area contributed by atoms with Crippen molar-refractivity contribution in [2.75, 3.05) is 6.61 Å². The molecule has 1 aromatic heterocycles.